The molecule has 14 heteroatoms. The van der Waals surface area contributed by atoms with E-state index in [1.807, 2.05) is 0 Å². The van der Waals surface area contributed by atoms with Gasteiger partial charge in [0.1, 0.15) is 17.3 Å². The van der Waals surface area contributed by atoms with Gasteiger partial charge in [-0.25, -0.2) is 15.0 Å². The molecule has 0 fully saturated rings. The predicted octanol–water partition coefficient (Wildman–Crippen LogP) is 4.50. The Morgan fingerprint density at radius 1 is 1.20 bits per heavy atom. The molecule has 1 amide bonds. The Balaban J connectivity index is 1.50. The van der Waals surface area contributed by atoms with E-state index in [-0.39, 0.29) is 53.4 Å². The van der Waals surface area contributed by atoms with Crippen molar-refractivity contribution in [1.29, 1.82) is 0 Å². The number of fused-ring (bicyclic) bond motifs is 1. The summed E-state index contributed by atoms with van der Waals surface area (Å²) in [5.74, 6) is -0.445. The van der Waals surface area contributed by atoms with Crippen molar-refractivity contribution in [3.8, 4) is 5.75 Å². The number of nitrogens with one attached hydrogen (secondary N) is 1. The lowest BCUT2D eigenvalue weighted by Gasteiger charge is -2.15. The molecule has 8 nitrogen and oxygen atoms in total. The first-order valence-corrected chi connectivity index (χ1v) is 10.3. The summed E-state index contributed by atoms with van der Waals surface area (Å²) >= 11 is 6.00. The molecule has 35 heavy (non-hydrogen) atoms. The van der Waals surface area contributed by atoms with Crippen molar-refractivity contribution in [3.05, 3.63) is 69.9 Å². The summed E-state index contributed by atoms with van der Waals surface area (Å²) in [5, 5.41) is 2.82. The van der Waals surface area contributed by atoms with Crippen LogP contribution in [-0.4, -0.2) is 32.4 Å². The van der Waals surface area contributed by atoms with E-state index in [9.17, 15) is 26.7 Å². The molecule has 1 aromatic carbocycles. The molecule has 2 aromatic heterocycles. The van der Waals surface area contributed by atoms with Crippen LogP contribution >= 0.6 is 11.6 Å². The zero-order valence-corrected chi connectivity index (χ0v) is 18.4. The molecule has 1 aliphatic rings. The Kier molecular flexibility index (Phi) is 6.61. The lowest BCUT2D eigenvalue weighted by Crippen LogP contribution is -2.26. The van der Waals surface area contributed by atoms with Gasteiger partial charge in [-0.2, -0.15) is 22.0 Å². The molecule has 1 aliphatic heterocycles. The number of ether oxygens (including phenoxy) is 1. The second-order valence-corrected chi connectivity index (χ2v) is 7.84. The number of amides is 1. The summed E-state index contributed by atoms with van der Waals surface area (Å²) < 4.78 is 68.1. The maximum Gasteiger partial charge on any atom is 0.416 e. The number of halogens is 6. The number of rotatable bonds is 6. The molecule has 0 spiro atoms. The second-order valence-electron chi connectivity index (χ2n) is 7.50. The first kappa shape index (κ1) is 24.4. The van der Waals surface area contributed by atoms with E-state index in [0.717, 1.165) is 18.3 Å². The summed E-state index contributed by atoms with van der Waals surface area (Å²) in [6.07, 6.45) is -3.55. The number of pyridine rings is 1. The number of carbonyl (C=O) groups excluding carboxylic acids is 1. The third kappa shape index (κ3) is 5.67. The molecule has 4 rings (SSSR count). The number of anilines is 2. The van der Waals surface area contributed by atoms with E-state index in [0.29, 0.717) is 11.3 Å². The van der Waals surface area contributed by atoms with Gasteiger partial charge in [-0.05, 0) is 47.5 Å². The van der Waals surface area contributed by atoms with Crippen LogP contribution in [-0.2, 0) is 25.8 Å². The summed E-state index contributed by atoms with van der Waals surface area (Å²) in [4.78, 5) is 26.3. The number of carbonyl (C=O) groups is 1. The summed E-state index contributed by atoms with van der Waals surface area (Å²) in [5.41, 5.74) is 5.92. The number of hydrogen-bond acceptors (Lipinski definition) is 7. The van der Waals surface area contributed by atoms with E-state index in [1.54, 1.807) is 0 Å². The van der Waals surface area contributed by atoms with Crippen LogP contribution in [0, 0.1) is 0 Å². The molecule has 3 N–H and O–H groups in total. The minimum atomic E-state index is -4.55. The van der Waals surface area contributed by atoms with E-state index >= 15 is 0 Å². The van der Waals surface area contributed by atoms with Crippen LogP contribution in [0.25, 0.3) is 0 Å². The van der Waals surface area contributed by atoms with E-state index in [2.05, 4.69) is 25.0 Å². The van der Waals surface area contributed by atoms with Gasteiger partial charge in [-0.15, -0.1) is 0 Å². The van der Waals surface area contributed by atoms with Crippen molar-refractivity contribution in [1.82, 2.24) is 19.9 Å². The summed E-state index contributed by atoms with van der Waals surface area (Å²) in [6, 6.07) is 5.65. The van der Waals surface area contributed by atoms with Crippen LogP contribution in [0.3, 0.4) is 0 Å². The van der Waals surface area contributed by atoms with Crippen LogP contribution in [0.2, 0.25) is 5.28 Å². The first-order chi connectivity index (χ1) is 16.5. The van der Waals surface area contributed by atoms with Crippen molar-refractivity contribution in [2.75, 3.05) is 11.1 Å². The Hall–Kier alpha value is -3.74. The molecular formula is C21H16ClF5N6O2. The maximum atomic E-state index is 13.1. The smallest absolute Gasteiger partial charge is 0.416 e. The van der Waals surface area contributed by atoms with Crippen LogP contribution in [0.5, 0.6) is 5.75 Å². The lowest BCUT2D eigenvalue weighted by atomic mass is 10.1. The fourth-order valence-electron chi connectivity index (χ4n) is 3.53. The van der Waals surface area contributed by atoms with Crippen LogP contribution in [0.4, 0.5) is 33.5 Å². The van der Waals surface area contributed by atoms with Gasteiger partial charge >= 0.3 is 12.8 Å². The SMILES string of the molecule is Nc1cc(CNc2nc(Cl)nc3c2CN(C(=O)c2ccc(OC(F)F)cn2)C3)cc(C(F)(F)F)c1. The predicted molar refractivity (Wildman–Crippen MR) is 115 cm³/mol. The van der Waals surface area contributed by atoms with Gasteiger partial charge in [0.05, 0.1) is 30.5 Å². The highest BCUT2D eigenvalue weighted by Gasteiger charge is 2.32. The quantitative estimate of drug-likeness (QED) is 0.283. The minimum absolute atomic E-state index is 0.00701. The van der Waals surface area contributed by atoms with Crippen LogP contribution in [0.15, 0.2) is 36.5 Å². The van der Waals surface area contributed by atoms with Crippen molar-refractivity contribution in [2.24, 2.45) is 0 Å². The number of nitrogens with zero attached hydrogens (tertiary/aromatic N) is 4. The first-order valence-electron chi connectivity index (χ1n) is 9.95. The molecule has 184 valence electrons. The monoisotopic (exact) mass is 514 g/mol. The van der Waals surface area contributed by atoms with E-state index < -0.39 is 24.3 Å². The molecule has 0 saturated carbocycles. The molecule has 0 atom stereocenters. The van der Waals surface area contributed by atoms with Gasteiger partial charge in [0.15, 0.2) is 0 Å². The maximum absolute atomic E-state index is 13.1. The minimum Gasteiger partial charge on any atom is -0.433 e. The number of hydrogen-bond donors (Lipinski definition) is 2. The molecule has 0 radical (unpaired) electrons. The van der Waals surface area contributed by atoms with Crippen LogP contribution in [0.1, 0.15) is 32.9 Å². The number of benzene rings is 1. The van der Waals surface area contributed by atoms with Crippen molar-refractivity contribution >= 4 is 29.0 Å². The topological polar surface area (TPSA) is 106 Å². The Bertz CT molecular complexity index is 1260. The number of alkyl halides is 5. The number of nitrogen functional groups attached to an aromatic ring is 1. The van der Waals surface area contributed by atoms with Crippen LogP contribution < -0.4 is 15.8 Å². The molecule has 0 aliphatic carbocycles. The average molecular weight is 515 g/mol. The molecule has 3 heterocycles. The standard InChI is InChI=1S/C21H16ClF5N6O2/c22-19-31-16-9-33(18(34)15-2-1-13(7-29-15)35-20(23)24)8-14(16)17(32-19)30-6-10-3-11(21(25,26)27)5-12(28)4-10/h1-5,7,20H,6,8-9,28H2,(H,30,31,32). The van der Waals surface area contributed by atoms with Gasteiger partial charge in [0.25, 0.3) is 5.91 Å². The van der Waals surface area contributed by atoms with Gasteiger partial charge in [-0.3, -0.25) is 4.79 Å². The lowest BCUT2D eigenvalue weighted by molar-refractivity contribution is -0.137. The molecule has 0 unspecified atom stereocenters. The number of aromatic nitrogens is 3. The third-order valence-electron chi connectivity index (χ3n) is 5.03. The Morgan fingerprint density at radius 2 is 1.97 bits per heavy atom. The summed E-state index contributed by atoms with van der Waals surface area (Å²) in [6.45, 7) is -2.93. The normalized spacial score (nSPS) is 13.2. The second kappa shape index (κ2) is 9.49. The fourth-order valence-corrected chi connectivity index (χ4v) is 3.71. The molecular weight excluding hydrogens is 499 g/mol. The van der Waals surface area contributed by atoms with Crippen molar-refractivity contribution in [2.45, 2.75) is 32.4 Å². The average Bonchev–Trinajstić information content (AvgIpc) is 3.20. The Morgan fingerprint density at radius 3 is 2.63 bits per heavy atom. The van der Waals surface area contributed by atoms with Gasteiger partial charge in [-0.1, -0.05) is 0 Å². The highest BCUT2D eigenvalue weighted by atomic mass is 35.5. The van der Waals surface area contributed by atoms with Gasteiger partial charge < -0.3 is 20.7 Å². The van der Waals surface area contributed by atoms with Crippen molar-refractivity contribution < 1.29 is 31.5 Å². The third-order valence-corrected chi connectivity index (χ3v) is 5.19. The molecule has 3 aromatic rings. The zero-order chi connectivity index (χ0) is 25.3. The Labute approximate surface area is 199 Å². The van der Waals surface area contributed by atoms with E-state index in [1.165, 1.54) is 23.1 Å². The summed E-state index contributed by atoms with van der Waals surface area (Å²) in [7, 11) is 0. The zero-order valence-electron chi connectivity index (χ0n) is 17.6. The highest BCUT2D eigenvalue weighted by Crippen LogP contribution is 2.32. The number of nitrogens with two attached hydrogens (primary N) is 1. The van der Waals surface area contributed by atoms with Crippen molar-refractivity contribution in [3.63, 3.8) is 0 Å². The largest absolute Gasteiger partial charge is 0.433 e. The van der Waals surface area contributed by atoms with Gasteiger partial charge in [0.2, 0.25) is 5.28 Å². The van der Waals surface area contributed by atoms with Gasteiger partial charge in [0, 0.05) is 17.8 Å². The highest BCUT2D eigenvalue weighted by molar-refractivity contribution is 6.28. The molecule has 0 bridgehead atoms. The molecule has 0 saturated heterocycles. The van der Waals surface area contributed by atoms with E-state index in [4.69, 9.17) is 17.3 Å². The fraction of sp³-hybridized carbons (Fsp3) is 0.238.